The summed E-state index contributed by atoms with van der Waals surface area (Å²) in [6, 6.07) is 1.74. The third-order valence-electron chi connectivity index (χ3n) is 2.31. The van der Waals surface area contributed by atoms with Gasteiger partial charge in [0, 0.05) is 19.5 Å². The van der Waals surface area contributed by atoms with E-state index in [2.05, 4.69) is 13.8 Å². The molecule has 1 aromatic rings. The van der Waals surface area contributed by atoms with Gasteiger partial charge in [-0.1, -0.05) is 37.7 Å². The minimum atomic E-state index is -0.0417. The Labute approximate surface area is 122 Å². The molecule has 18 heavy (non-hydrogen) atoms. The van der Waals surface area contributed by atoms with Gasteiger partial charge in [-0.15, -0.1) is 11.3 Å². The molecule has 0 fully saturated rings. The van der Waals surface area contributed by atoms with Gasteiger partial charge in [0.05, 0.1) is 10.0 Å². The number of halogens is 1. The fourth-order valence-corrected chi connectivity index (χ4v) is 2.75. The molecular formula is C12H17ClN2OS2. The summed E-state index contributed by atoms with van der Waals surface area (Å²) >= 11 is 12.2. The first-order chi connectivity index (χ1) is 8.41. The van der Waals surface area contributed by atoms with Crippen molar-refractivity contribution in [2.75, 3.05) is 13.1 Å². The van der Waals surface area contributed by atoms with Crippen LogP contribution in [0.1, 0.15) is 29.9 Å². The Bertz CT molecular complexity index is 431. The highest BCUT2D eigenvalue weighted by Gasteiger charge is 2.20. The molecule has 0 aliphatic rings. The minimum Gasteiger partial charge on any atom is -0.393 e. The van der Waals surface area contributed by atoms with E-state index in [0.29, 0.717) is 40.3 Å². The SMILES string of the molecule is CC(C)CN(CCC(N)=S)C(=O)c1sccc1Cl. The molecule has 1 aromatic heterocycles. The predicted molar refractivity (Wildman–Crippen MR) is 81.5 cm³/mol. The minimum absolute atomic E-state index is 0.0417. The second-order valence-corrected chi connectivity index (χ2v) is 6.31. The summed E-state index contributed by atoms with van der Waals surface area (Å²) in [6.07, 6.45) is 0.538. The van der Waals surface area contributed by atoms with Crippen LogP contribution in [-0.2, 0) is 0 Å². The van der Waals surface area contributed by atoms with Gasteiger partial charge < -0.3 is 10.6 Å². The van der Waals surface area contributed by atoms with Gasteiger partial charge in [-0.25, -0.2) is 0 Å². The zero-order valence-electron chi connectivity index (χ0n) is 10.5. The standard InChI is InChI=1S/C12H17ClN2OS2/c1-8(2)7-15(5-3-10(14)17)12(16)11-9(13)4-6-18-11/h4,6,8H,3,5,7H2,1-2H3,(H2,14,17). The molecule has 1 amide bonds. The van der Waals surface area contributed by atoms with E-state index in [1.54, 1.807) is 11.0 Å². The zero-order chi connectivity index (χ0) is 13.7. The number of thiocarbonyl (C=S) groups is 1. The molecule has 1 heterocycles. The van der Waals surface area contributed by atoms with Crippen molar-refractivity contribution in [3.63, 3.8) is 0 Å². The first-order valence-electron chi connectivity index (χ1n) is 5.72. The summed E-state index contributed by atoms with van der Waals surface area (Å²) in [7, 11) is 0. The summed E-state index contributed by atoms with van der Waals surface area (Å²) < 4.78 is 0. The van der Waals surface area contributed by atoms with Crippen LogP contribution >= 0.6 is 35.2 Å². The van der Waals surface area contributed by atoms with Crippen LogP contribution in [0, 0.1) is 5.92 Å². The number of hydrogen-bond acceptors (Lipinski definition) is 3. The third-order valence-corrected chi connectivity index (χ3v) is 3.85. The van der Waals surface area contributed by atoms with E-state index in [1.807, 2.05) is 5.38 Å². The van der Waals surface area contributed by atoms with E-state index < -0.39 is 0 Å². The molecule has 0 saturated heterocycles. The Kier molecular flexibility index (Phi) is 6.05. The highest BCUT2D eigenvalue weighted by atomic mass is 35.5. The maximum Gasteiger partial charge on any atom is 0.265 e. The normalized spacial score (nSPS) is 10.7. The number of carbonyl (C=O) groups excluding carboxylic acids is 1. The lowest BCUT2D eigenvalue weighted by Crippen LogP contribution is -2.36. The van der Waals surface area contributed by atoms with Crippen molar-refractivity contribution in [3.05, 3.63) is 21.3 Å². The van der Waals surface area contributed by atoms with Crippen LogP contribution in [-0.4, -0.2) is 28.9 Å². The number of rotatable bonds is 6. The van der Waals surface area contributed by atoms with Crippen LogP contribution in [0.15, 0.2) is 11.4 Å². The van der Waals surface area contributed by atoms with Crippen LogP contribution in [0.3, 0.4) is 0 Å². The Balaban J connectivity index is 2.78. The van der Waals surface area contributed by atoms with Gasteiger partial charge in [0.15, 0.2) is 0 Å². The van der Waals surface area contributed by atoms with Gasteiger partial charge >= 0.3 is 0 Å². The lowest BCUT2D eigenvalue weighted by atomic mass is 10.2. The molecule has 0 aromatic carbocycles. The molecule has 3 nitrogen and oxygen atoms in total. The van der Waals surface area contributed by atoms with Crippen LogP contribution in [0.25, 0.3) is 0 Å². The van der Waals surface area contributed by atoms with Crippen molar-refractivity contribution in [1.82, 2.24) is 4.90 Å². The zero-order valence-corrected chi connectivity index (χ0v) is 12.9. The largest absolute Gasteiger partial charge is 0.393 e. The molecule has 2 N–H and O–H groups in total. The molecule has 0 saturated carbocycles. The Hall–Kier alpha value is -0.650. The van der Waals surface area contributed by atoms with Gasteiger partial charge in [-0.05, 0) is 17.4 Å². The summed E-state index contributed by atoms with van der Waals surface area (Å²) in [4.78, 5) is 15.1. The van der Waals surface area contributed by atoms with Gasteiger partial charge in [-0.3, -0.25) is 4.79 Å². The first-order valence-corrected chi connectivity index (χ1v) is 7.39. The molecule has 100 valence electrons. The van der Waals surface area contributed by atoms with E-state index >= 15 is 0 Å². The highest BCUT2D eigenvalue weighted by Crippen LogP contribution is 2.24. The number of thiophene rings is 1. The van der Waals surface area contributed by atoms with Gasteiger partial charge in [0.25, 0.3) is 5.91 Å². The fraction of sp³-hybridized carbons (Fsp3) is 0.500. The molecule has 0 atom stereocenters. The van der Waals surface area contributed by atoms with Crippen LogP contribution < -0.4 is 5.73 Å². The topological polar surface area (TPSA) is 46.3 Å². The van der Waals surface area contributed by atoms with Gasteiger partial charge in [-0.2, -0.15) is 0 Å². The molecule has 0 aliphatic carbocycles. The van der Waals surface area contributed by atoms with Crippen molar-refractivity contribution in [2.24, 2.45) is 11.7 Å². The second kappa shape index (κ2) is 7.07. The molecule has 0 spiro atoms. The van der Waals surface area contributed by atoms with E-state index in [0.717, 1.165) is 0 Å². The molecule has 0 radical (unpaired) electrons. The van der Waals surface area contributed by atoms with Crippen LogP contribution in [0.5, 0.6) is 0 Å². The van der Waals surface area contributed by atoms with Crippen LogP contribution in [0.4, 0.5) is 0 Å². The average Bonchev–Trinajstić information content (AvgIpc) is 2.69. The maximum atomic E-state index is 12.3. The third kappa shape index (κ3) is 4.55. The van der Waals surface area contributed by atoms with Gasteiger partial charge in [0.1, 0.15) is 4.88 Å². The number of hydrogen-bond donors (Lipinski definition) is 1. The highest BCUT2D eigenvalue weighted by molar-refractivity contribution is 7.80. The van der Waals surface area contributed by atoms with Crippen molar-refractivity contribution >= 4 is 46.1 Å². The van der Waals surface area contributed by atoms with Crippen molar-refractivity contribution in [1.29, 1.82) is 0 Å². The molecule has 1 rings (SSSR count). The smallest absolute Gasteiger partial charge is 0.265 e. The van der Waals surface area contributed by atoms with E-state index in [-0.39, 0.29) is 5.91 Å². The number of carbonyl (C=O) groups is 1. The summed E-state index contributed by atoms with van der Waals surface area (Å²) in [5.74, 6) is 0.346. The predicted octanol–water partition coefficient (Wildman–Crippen LogP) is 3.18. The summed E-state index contributed by atoms with van der Waals surface area (Å²) in [5.41, 5.74) is 5.49. The van der Waals surface area contributed by atoms with Gasteiger partial charge in [0.2, 0.25) is 0 Å². The number of nitrogens with two attached hydrogens (primary N) is 1. The Morgan fingerprint density at radius 3 is 2.72 bits per heavy atom. The fourth-order valence-electron chi connectivity index (χ4n) is 1.55. The van der Waals surface area contributed by atoms with E-state index in [1.165, 1.54) is 11.3 Å². The van der Waals surface area contributed by atoms with E-state index in [9.17, 15) is 4.79 Å². The molecule has 6 heteroatoms. The lowest BCUT2D eigenvalue weighted by molar-refractivity contribution is 0.0746. The van der Waals surface area contributed by atoms with Crippen molar-refractivity contribution < 1.29 is 4.79 Å². The molecular weight excluding hydrogens is 288 g/mol. The Morgan fingerprint density at radius 1 is 1.61 bits per heavy atom. The summed E-state index contributed by atoms with van der Waals surface area (Å²) in [5, 5.41) is 2.32. The molecule has 0 bridgehead atoms. The van der Waals surface area contributed by atoms with Crippen LogP contribution in [0.2, 0.25) is 5.02 Å². The number of nitrogens with zero attached hydrogens (tertiary/aromatic N) is 1. The average molecular weight is 305 g/mol. The number of amides is 1. The second-order valence-electron chi connectivity index (χ2n) is 4.46. The molecule has 0 unspecified atom stereocenters. The van der Waals surface area contributed by atoms with E-state index in [4.69, 9.17) is 29.6 Å². The monoisotopic (exact) mass is 304 g/mol. The molecule has 0 aliphatic heterocycles. The lowest BCUT2D eigenvalue weighted by Gasteiger charge is -2.24. The van der Waals surface area contributed by atoms with Crippen molar-refractivity contribution in [3.8, 4) is 0 Å². The quantitative estimate of drug-likeness (QED) is 0.821. The first kappa shape index (κ1) is 15.4. The summed E-state index contributed by atoms with van der Waals surface area (Å²) in [6.45, 7) is 5.35. The van der Waals surface area contributed by atoms with Crippen molar-refractivity contribution in [2.45, 2.75) is 20.3 Å². The maximum absolute atomic E-state index is 12.3. The Morgan fingerprint density at radius 2 is 2.28 bits per heavy atom.